The van der Waals surface area contributed by atoms with Crippen LogP contribution >= 0.6 is 0 Å². The van der Waals surface area contributed by atoms with Crippen LogP contribution in [0.15, 0.2) is 40.9 Å². The highest BCUT2D eigenvalue weighted by Crippen LogP contribution is 2.22. The van der Waals surface area contributed by atoms with Crippen LogP contribution in [0.5, 0.6) is 0 Å². The average molecular weight is 282 g/mol. The molecule has 3 nitrogen and oxygen atoms in total. The molecule has 0 spiro atoms. The predicted molar refractivity (Wildman–Crippen MR) is 86.6 cm³/mol. The highest BCUT2D eigenvalue weighted by molar-refractivity contribution is 5.83. The lowest BCUT2D eigenvalue weighted by Crippen LogP contribution is -2.21. The van der Waals surface area contributed by atoms with Gasteiger partial charge in [-0.3, -0.25) is 0 Å². The number of fused-ring (bicyclic) bond motifs is 1. The van der Waals surface area contributed by atoms with Crippen LogP contribution < -0.4 is 5.32 Å². The average Bonchev–Trinajstić information content (AvgIpc) is 3.02. The Morgan fingerprint density at radius 2 is 2.05 bits per heavy atom. The van der Waals surface area contributed by atoms with E-state index < -0.39 is 0 Å². The van der Waals surface area contributed by atoms with Crippen molar-refractivity contribution in [2.24, 2.45) is 0 Å². The molecular weight excluding hydrogens is 260 g/mol. The SMILES string of the molecule is Cc1cc(C(C)NCCc2c[nH]c3ccccc23)c(C)o1. The van der Waals surface area contributed by atoms with E-state index in [1.54, 1.807) is 0 Å². The van der Waals surface area contributed by atoms with E-state index in [2.05, 4.69) is 53.8 Å². The Morgan fingerprint density at radius 1 is 1.24 bits per heavy atom. The number of hydrogen-bond acceptors (Lipinski definition) is 2. The van der Waals surface area contributed by atoms with Gasteiger partial charge in [0.05, 0.1) is 0 Å². The maximum absolute atomic E-state index is 5.60. The van der Waals surface area contributed by atoms with Gasteiger partial charge in [0.2, 0.25) is 0 Å². The molecule has 0 bridgehead atoms. The number of aromatic amines is 1. The zero-order valence-corrected chi connectivity index (χ0v) is 12.9. The molecule has 110 valence electrons. The molecule has 1 atom stereocenters. The maximum Gasteiger partial charge on any atom is 0.105 e. The summed E-state index contributed by atoms with van der Waals surface area (Å²) in [4.78, 5) is 3.33. The molecule has 0 aliphatic carbocycles. The van der Waals surface area contributed by atoms with E-state index in [0.29, 0.717) is 6.04 Å². The van der Waals surface area contributed by atoms with Crippen LogP contribution in [0, 0.1) is 13.8 Å². The number of aryl methyl sites for hydroxylation is 2. The zero-order valence-electron chi connectivity index (χ0n) is 12.9. The van der Waals surface area contributed by atoms with E-state index in [1.807, 2.05) is 13.8 Å². The molecule has 1 unspecified atom stereocenters. The van der Waals surface area contributed by atoms with E-state index >= 15 is 0 Å². The molecule has 3 rings (SSSR count). The van der Waals surface area contributed by atoms with E-state index in [9.17, 15) is 0 Å². The summed E-state index contributed by atoms with van der Waals surface area (Å²) in [5.41, 5.74) is 3.83. The second-order valence-corrected chi connectivity index (χ2v) is 5.65. The quantitative estimate of drug-likeness (QED) is 0.733. The van der Waals surface area contributed by atoms with Gasteiger partial charge in [-0.05, 0) is 51.4 Å². The van der Waals surface area contributed by atoms with E-state index in [0.717, 1.165) is 24.5 Å². The van der Waals surface area contributed by atoms with Crippen LogP contribution in [0.2, 0.25) is 0 Å². The molecule has 2 heterocycles. The van der Waals surface area contributed by atoms with Gasteiger partial charge < -0.3 is 14.7 Å². The number of rotatable bonds is 5. The summed E-state index contributed by atoms with van der Waals surface area (Å²) in [6, 6.07) is 10.9. The third kappa shape index (κ3) is 2.88. The van der Waals surface area contributed by atoms with Crippen molar-refractivity contribution in [3.05, 3.63) is 59.2 Å². The molecule has 0 saturated heterocycles. The molecule has 21 heavy (non-hydrogen) atoms. The second kappa shape index (κ2) is 5.78. The Balaban J connectivity index is 1.62. The molecule has 2 aromatic heterocycles. The first-order valence-electron chi connectivity index (χ1n) is 7.50. The van der Waals surface area contributed by atoms with Gasteiger partial charge in [-0.25, -0.2) is 0 Å². The van der Waals surface area contributed by atoms with Crippen molar-refractivity contribution in [3.63, 3.8) is 0 Å². The summed E-state index contributed by atoms with van der Waals surface area (Å²) in [6.45, 7) is 7.16. The fourth-order valence-corrected chi connectivity index (χ4v) is 2.95. The third-order valence-electron chi connectivity index (χ3n) is 4.07. The number of benzene rings is 1. The lowest BCUT2D eigenvalue weighted by atomic mass is 10.1. The van der Waals surface area contributed by atoms with Crippen molar-refractivity contribution >= 4 is 10.9 Å². The van der Waals surface area contributed by atoms with Gasteiger partial charge in [0.25, 0.3) is 0 Å². The highest BCUT2D eigenvalue weighted by atomic mass is 16.3. The van der Waals surface area contributed by atoms with Crippen molar-refractivity contribution in [3.8, 4) is 0 Å². The second-order valence-electron chi connectivity index (χ2n) is 5.65. The monoisotopic (exact) mass is 282 g/mol. The molecule has 1 aromatic carbocycles. The van der Waals surface area contributed by atoms with Gasteiger partial charge in [-0.2, -0.15) is 0 Å². The predicted octanol–water partition coefficient (Wildman–Crippen LogP) is 4.27. The van der Waals surface area contributed by atoms with E-state index in [4.69, 9.17) is 4.42 Å². The summed E-state index contributed by atoms with van der Waals surface area (Å²) >= 11 is 0. The number of H-pyrrole nitrogens is 1. The van der Waals surface area contributed by atoms with Crippen LogP contribution in [0.3, 0.4) is 0 Å². The first-order valence-corrected chi connectivity index (χ1v) is 7.50. The first kappa shape index (κ1) is 14.0. The van der Waals surface area contributed by atoms with Gasteiger partial charge in [0.1, 0.15) is 11.5 Å². The van der Waals surface area contributed by atoms with Crippen LogP contribution in [0.4, 0.5) is 0 Å². The normalized spacial score (nSPS) is 12.9. The van der Waals surface area contributed by atoms with Crippen molar-refractivity contribution in [1.29, 1.82) is 0 Å². The minimum Gasteiger partial charge on any atom is -0.466 e. The third-order valence-corrected chi connectivity index (χ3v) is 4.07. The van der Waals surface area contributed by atoms with Gasteiger partial charge in [-0.1, -0.05) is 18.2 Å². The molecule has 2 N–H and O–H groups in total. The molecule has 0 amide bonds. The number of nitrogens with one attached hydrogen (secondary N) is 2. The summed E-state index contributed by atoms with van der Waals surface area (Å²) in [6.07, 6.45) is 3.13. The van der Waals surface area contributed by atoms with Crippen LogP contribution in [0.25, 0.3) is 10.9 Å². The van der Waals surface area contributed by atoms with Crippen LogP contribution in [-0.2, 0) is 6.42 Å². The lowest BCUT2D eigenvalue weighted by molar-refractivity contribution is 0.490. The number of aromatic nitrogens is 1. The Hall–Kier alpha value is -2.00. The zero-order chi connectivity index (χ0) is 14.8. The Kier molecular flexibility index (Phi) is 3.84. The summed E-state index contributed by atoms with van der Waals surface area (Å²) in [5, 5.41) is 4.90. The smallest absolute Gasteiger partial charge is 0.105 e. The van der Waals surface area contributed by atoms with Crippen molar-refractivity contribution in [2.45, 2.75) is 33.2 Å². The minimum atomic E-state index is 0.313. The fourth-order valence-electron chi connectivity index (χ4n) is 2.95. The largest absolute Gasteiger partial charge is 0.466 e. The first-order chi connectivity index (χ1) is 10.1. The topological polar surface area (TPSA) is 41.0 Å². The van der Waals surface area contributed by atoms with Crippen molar-refractivity contribution < 1.29 is 4.42 Å². The number of furan rings is 1. The van der Waals surface area contributed by atoms with Crippen molar-refractivity contribution in [2.75, 3.05) is 6.54 Å². The number of hydrogen-bond donors (Lipinski definition) is 2. The van der Waals surface area contributed by atoms with Crippen molar-refractivity contribution in [1.82, 2.24) is 10.3 Å². The van der Waals surface area contributed by atoms with Gasteiger partial charge in [0.15, 0.2) is 0 Å². The standard InChI is InChI=1S/C18H22N2O/c1-12-10-17(14(3)21-12)13(2)19-9-8-15-11-20-18-7-5-4-6-16(15)18/h4-7,10-11,13,19-20H,8-9H2,1-3H3. The maximum atomic E-state index is 5.60. The molecule has 3 aromatic rings. The Morgan fingerprint density at radius 3 is 2.81 bits per heavy atom. The molecule has 0 saturated carbocycles. The number of para-hydroxylation sites is 1. The Bertz CT molecular complexity index is 739. The molecule has 0 fully saturated rings. The molecule has 0 radical (unpaired) electrons. The molecule has 3 heteroatoms. The molecule has 0 aliphatic rings. The molecule has 0 aliphatic heterocycles. The van der Waals surface area contributed by atoms with Gasteiger partial charge in [0, 0.05) is 28.7 Å². The highest BCUT2D eigenvalue weighted by Gasteiger charge is 2.12. The summed E-state index contributed by atoms with van der Waals surface area (Å²) in [5.74, 6) is 1.99. The van der Waals surface area contributed by atoms with Crippen LogP contribution in [-0.4, -0.2) is 11.5 Å². The Labute approximate surface area is 125 Å². The minimum absolute atomic E-state index is 0.313. The lowest BCUT2D eigenvalue weighted by Gasteiger charge is -2.12. The van der Waals surface area contributed by atoms with Crippen LogP contribution in [0.1, 0.15) is 35.6 Å². The van der Waals surface area contributed by atoms with Gasteiger partial charge >= 0.3 is 0 Å². The fraction of sp³-hybridized carbons (Fsp3) is 0.333. The molecular formula is C18H22N2O. The summed E-state index contributed by atoms with van der Waals surface area (Å²) < 4.78 is 5.60. The van der Waals surface area contributed by atoms with Gasteiger partial charge in [-0.15, -0.1) is 0 Å². The summed E-state index contributed by atoms with van der Waals surface area (Å²) in [7, 11) is 0. The van der Waals surface area contributed by atoms with E-state index in [1.165, 1.54) is 22.0 Å². The van der Waals surface area contributed by atoms with E-state index in [-0.39, 0.29) is 0 Å².